The second-order valence-electron chi connectivity index (χ2n) is 7.75. The Hall–Kier alpha value is -2.18. The summed E-state index contributed by atoms with van der Waals surface area (Å²) >= 11 is 0. The van der Waals surface area contributed by atoms with Gasteiger partial charge in [-0.1, -0.05) is 19.4 Å². The molecule has 2 heterocycles. The topological polar surface area (TPSA) is 63.7 Å². The normalized spacial score (nSPS) is 16.7. The van der Waals surface area contributed by atoms with Crippen molar-refractivity contribution in [1.82, 2.24) is 15.2 Å². The SMILES string of the molecule is CCCCc1cc(OC2CCN(C(CNC(C)=O)OC)CC2)c2ncccc2c1. The Morgan fingerprint density at radius 2 is 2.14 bits per heavy atom. The molecule has 2 aromatic rings. The first-order valence-electron chi connectivity index (χ1n) is 10.7. The number of hydrogen-bond acceptors (Lipinski definition) is 5. The fraction of sp³-hybridized carbons (Fsp3) is 0.565. The molecule has 29 heavy (non-hydrogen) atoms. The smallest absolute Gasteiger partial charge is 0.217 e. The van der Waals surface area contributed by atoms with Gasteiger partial charge in [-0.15, -0.1) is 0 Å². The van der Waals surface area contributed by atoms with Crippen LogP contribution in [0.5, 0.6) is 5.75 Å². The number of methoxy groups -OCH3 is 1. The van der Waals surface area contributed by atoms with Crippen LogP contribution in [0.1, 0.15) is 45.1 Å². The first kappa shape index (κ1) is 21.5. The van der Waals surface area contributed by atoms with Gasteiger partial charge in [-0.3, -0.25) is 14.7 Å². The molecule has 6 heteroatoms. The highest BCUT2D eigenvalue weighted by molar-refractivity contribution is 5.85. The van der Waals surface area contributed by atoms with Crippen molar-refractivity contribution >= 4 is 16.8 Å². The number of pyridine rings is 1. The molecule has 0 spiro atoms. The van der Waals surface area contributed by atoms with Crippen LogP contribution < -0.4 is 10.1 Å². The first-order chi connectivity index (χ1) is 14.1. The van der Waals surface area contributed by atoms with Crippen LogP contribution in [-0.2, 0) is 16.0 Å². The van der Waals surface area contributed by atoms with Gasteiger partial charge in [0.25, 0.3) is 0 Å². The van der Waals surface area contributed by atoms with E-state index in [9.17, 15) is 4.79 Å². The van der Waals surface area contributed by atoms with Crippen molar-refractivity contribution in [3.63, 3.8) is 0 Å². The Morgan fingerprint density at radius 1 is 1.34 bits per heavy atom. The molecule has 1 aromatic carbocycles. The van der Waals surface area contributed by atoms with Gasteiger partial charge in [0.05, 0.1) is 6.54 Å². The highest BCUT2D eigenvalue weighted by Gasteiger charge is 2.26. The van der Waals surface area contributed by atoms with Crippen molar-refractivity contribution in [3.05, 3.63) is 36.0 Å². The van der Waals surface area contributed by atoms with Gasteiger partial charge in [0.1, 0.15) is 23.6 Å². The molecule has 1 saturated heterocycles. The van der Waals surface area contributed by atoms with Crippen LogP contribution >= 0.6 is 0 Å². The lowest BCUT2D eigenvalue weighted by molar-refractivity contribution is -0.121. The van der Waals surface area contributed by atoms with Gasteiger partial charge >= 0.3 is 0 Å². The number of nitrogens with zero attached hydrogens (tertiary/aromatic N) is 2. The number of benzene rings is 1. The molecule has 0 radical (unpaired) electrons. The number of nitrogens with one attached hydrogen (secondary N) is 1. The molecule has 3 rings (SSSR count). The second kappa shape index (κ2) is 10.6. The summed E-state index contributed by atoms with van der Waals surface area (Å²) in [6.07, 6.45) is 7.16. The van der Waals surface area contributed by atoms with E-state index in [-0.39, 0.29) is 18.2 Å². The molecule has 0 saturated carbocycles. The lowest BCUT2D eigenvalue weighted by Crippen LogP contribution is -2.49. The van der Waals surface area contributed by atoms with E-state index < -0.39 is 0 Å². The molecule has 1 aliphatic rings. The van der Waals surface area contributed by atoms with Crippen molar-refractivity contribution < 1.29 is 14.3 Å². The Balaban J connectivity index is 1.65. The van der Waals surface area contributed by atoms with Crippen LogP contribution in [0.3, 0.4) is 0 Å². The summed E-state index contributed by atoms with van der Waals surface area (Å²) < 4.78 is 12.0. The summed E-state index contributed by atoms with van der Waals surface area (Å²) in [6, 6.07) is 8.50. The van der Waals surface area contributed by atoms with Crippen molar-refractivity contribution in [3.8, 4) is 5.75 Å². The minimum atomic E-state index is -0.0975. The monoisotopic (exact) mass is 399 g/mol. The molecule has 1 unspecified atom stereocenters. The molecule has 1 amide bonds. The van der Waals surface area contributed by atoms with Crippen molar-refractivity contribution in [1.29, 1.82) is 0 Å². The third-order valence-electron chi connectivity index (χ3n) is 5.52. The third kappa shape index (κ3) is 5.90. The predicted octanol–water partition coefficient (Wildman–Crippen LogP) is 3.53. The number of likely N-dealkylation sites (tertiary alicyclic amines) is 1. The maximum atomic E-state index is 11.2. The van der Waals surface area contributed by atoms with Crippen LogP contribution in [0, 0.1) is 0 Å². The van der Waals surface area contributed by atoms with Crippen LogP contribution in [0.25, 0.3) is 10.9 Å². The number of amides is 1. The standard InChI is InChI=1S/C23H33N3O3/c1-4-5-7-18-14-19-8-6-11-24-23(19)21(15-18)29-20-9-12-26(13-10-20)22(28-3)16-25-17(2)27/h6,8,11,14-15,20,22H,4-5,7,9-10,12-13,16H2,1-3H3,(H,25,27). The number of aryl methyl sites for hydroxylation is 1. The Kier molecular flexibility index (Phi) is 7.83. The van der Waals surface area contributed by atoms with Gasteiger partial charge < -0.3 is 14.8 Å². The maximum Gasteiger partial charge on any atom is 0.217 e. The van der Waals surface area contributed by atoms with E-state index in [1.807, 2.05) is 12.3 Å². The molecule has 1 aromatic heterocycles. The van der Waals surface area contributed by atoms with E-state index in [0.29, 0.717) is 6.54 Å². The van der Waals surface area contributed by atoms with Crippen LogP contribution in [-0.4, -0.2) is 54.9 Å². The van der Waals surface area contributed by atoms with Gasteiger partial charge in [-0.25, -0.2) is 0 Å². The zero-order chi connectivity index (χ0) is 20.6. The van der Waals surface area contributed by atoms with Gasteiger partial charge in [0.2, 0.25) is 5.91 Å². The third-order valence-corrected chi connectivity index (χ3v) is 5.52. The molecule has 1 aliphatic heterocycles. The fourth-order valence-corrected chi connectivity index (χ4v) is 3.89. The summed E-state index contributed by atoms with van der Waals surface area (Å²) in [5.41, 5.74) is 2.25. The average Bonchev–Trinajstić information content (AvgIpc) is 2.73. The predicted molar refractivity (Wildman–Crippen MR) is 115 cm³/mol. The van der Waals surface area contributed by atoms with Crippen LogP contribution in [0.15, 0.2) is 30.5 Å². The molecule has 0 bridgehead atoms. The van der Waals surface area contributed by atoms with E-state index >= 15 is 0 Å². The lowest BCUT2D eigenvalue weighted by Gasteiger charge is -2.36. The number of carbonyl (C=O) groups excluding carboxylic acids is 1. The molecule has 1 N–H and O–H groups in total. The second-order valence-corrected chi connectivity index (χ2v) is 7.75. The van der Waals surface area contributed by atoms with Crippen molar-refractivity contribution in [2.45, 2.75) is 58.3 Å². The summed E-state index contributed by atoms with van der Waals surface area (Å²) in [7, 11) is 1.69. The molecular weight excluding hydrogens is 366 g/mol. The zero-order valence-electron chi connectivity index (χ0n) is 17.8. The van der Waals surface area contributed by atoms with E-state index in [1.54, 1.807) is 7.11 Å². The van der Waals surface area contributed by atoms with Gasteiger partial charge in [0, 0.05) is 38.7 Å². The largest absolute Gasteiger partial charge is 0.488 e. The number of piperidine rings is 1. The zero-order valence-corrected chi connectivity index (χ0v) is 17.8. The number of hydrogen-bond donors (Lipinski definition) is 1. The van der Waals surface area contributed by atoms with Crippen molar-refractivity contribution in [2.75, 3.05) is 26.7 Å². The lowest BCUT2D eigenvalue weighted by atomic mass is 10.0. The minimum absolute atomic E-state index is 0.0346. The molecule has 6 nitrogen and oxygen atoms in total. The summed E-state index contributed by atoms with van der Waals surface area (Å²) in [5.74, 6) is 0.863. The van der Waals surface area contributed by atoms with E-state index in [2.05, 4.69) is 40.3 Å². The summed E-state index contributed by atoms with van der Waals surface area (Å²) in [5, 5.41) is 3.98. The number of unbranched alkanes of at least 4 members (excludes halogenated alkanes) is 1. The molecule has 158 valence electrons. The molecule has 0 aliphatic carbocycles. The van der Waals surface area contributed by atoms with E-state index in [1.165, 1.54) is 25.3 Å². The van der Waals surface area contributed by atoms with Crippen molar-refractivity contribution in [2.24, 2.45) is 0 Å². The molecule has 1 atom stereocenters. The van der Waals surface area contributed by atoms with Gasteiger partial charge in [-0.05, 0) is 49.4 Å². The quantitative estimate of drug-likeness (QED) is 0.699. The molecule has 1 fully saturated rings. The van der Waals surface area contributed by atoms with Crippen LogP contribution in [0.2, 0.25) is 0 Å². The van der Waals surface area contributed by atoms with Crippen LogP contribution in [0.4, 0.5) is 0 Å². The number of aromatic nitrogens is 1. The number of rotatable bonds is 9. The Morgan fingerprint density at radius 3 is 2.83 bits per heavy atom. The highest BCUT2D eigenvalue weighted by Crippen LogP contribution is 2.29. The fourth-order valence-electron chi connectivity index (χ4n) is 3.89. The summed E-state index contributed by atoms with van der Waals surface area (Å²) in [6.45, 7) is 6.01. The molecular formula is C23H33N3O3. The van der Waals surface area contributed by atoms with Gasteiger partial charge in [0.15, 0.2) is 0 Å². The number of carbonyl (C=O) groups is 1. The highest BCUT2D eigenvalue weighted by atomic mass is 16.5. The number of fused-ring (bicyclic) bond motifs is 1. The summed E-state index contributed by atoms with van der Waals surface area (Å²) in [4.78, 5) is 18.0. The Bertz CT molecular complexity index is 803. The maximum absolute atomic E-state index is 11.2. The average molecular weight is 400 g/mol. The van der Waals surface area contributed by atoms with E-state index in [4.69, 9.17) is 9.47 Å². The number of ether oxygens (including phenoxy) is 2. The van der Waals surface area contributed by atoms with E-state index in [0.717, 1.165) is 49.0 Å². The minimum Gasteiger partial charge on any atom is -0.488 e. The first-order valence-corrected chi connectivity index (χ1v) is 10.7. The Labute approximate surface area is 173 Å². The van der Waals surface area contributed by atoms with Gasteiger partial charge in [-0.2, -0.15) is 0 Å².